The van der Waals surface area contributed by atoms with Crippen LogP contribution in [0.5, 0.6) is 0 Å². The van der Waals surface area contributed by atoms with Crippen molar-refractivity contribution in [3.05, 3.63) is 29.8 Å². The molecule has 0 heterocycles. The van der Waals surface area contributed by atoms with Crippen LogP contribution in [0.3, 0.4) is 0 Å². The van der Waals surface area contributed by atoms with Crippen molar-refractivity contribution < 1.29 is 0 Å². The quantitative estimate of drug-likeness (QED) is 0.596. The van der Waals surface area contributed by atoms with E-state index in [2.05, 4.69) is 38.1 Å². The van der Waals surface area contributed by atoms with Gasteiger partial charge in [-0.2, -0.15) is 0 Å². The Labute approximate surface area is 71.5 Å². The molecule has 60 valence electrons. The molecule has 0 aliphatic heterocycles. The highest BCUT2D eigenvalue weighted by atomic mass is 28.2. The molecule has 0 saturated carbocycles. The highest BCUT2D eigenvalue weighted by Crippen LogP contribution is 1.93. The lowest BCUT2D eigenvalue weighted by Gasteiger charge is -1.98. The van der Waals surface area contributed by atoms with Gasteiger partial charge in [0, 0.05) is 0 Å². The second kappa shape index (κ2) is 4.34. The molecule has 0 unspecified atom stereocenters. The first-order valence-electron chi connectivity index (χ1n) is 4.38. The summed E-state index contributed by atoms with van der Waals surface area (Å²) in [5.74, 6) is 0. The molecule has 0 fully saturated rings. The molecule has 0 spiro atoms. The van der Waals surface area contributed by atoms with Gasteiger partial charge in [0.1, 0.15) is 0 Å². The maximum Gasteiger partial charge on any atom is 0.0547 e. The fourth-order valence-corrected chi connectivity index (χ4v) is 2.47. The van der Waals surface area contributed by atoms with E-state index in [0.29, 0.717) is 0 Å². The second-order valence-corrected chi connectivity index (χ2v) is 5.11. The third kappa shape index (κ3) is 2.89. The van der Waals surface area contributed by atoms with Gasteiger partial charge in [0.25, 0.3) is 0 Å². The molecule has 0 nitrogen and oxygen atoms in total. The van der Waals surface area contributed by atoms with Gasteiger partial charge in [-0.3, -0.25) is 0 Å². The Morgan fingerprint density at radius 3 is 2.36 bits per heavy atom. The number of aryl methyl sites for hydroxylation is 1. The van der Waals surface area contributed by atoms with E-state index >= 15 is 0 Å². The van der Waals surface area contributed by atoms with Gasteiger partial charge in [0.2, 0.25) is 0 Å². The SMILES string of the molecule is CCC[SiH2]c1ccc(C)cc1. The lowest BCUT2D eigenvalue weighted by Crippen LogP contribution is -2.12. The van der Waals surface area contributed by atoms with Crippen LogP contribution < -0.4 is 5.19 Å². The van der Waals surface area contributed by atoms with Crippen LogP contribution in [0.4, 0.5) is 0 Å². The Bertz CT molecular complexity index is 201. The normalized spacial score (nSPS) is 11.1. The summed E-state index contributed by atoms with van der Waals surface area (Å²) in [5, 5.41) is 1.61. The van der Waals surface area contributed by atoms with Crippen molar-refractivity contribution in [1.82, 2.24) is 0 Å². The first kappa shape index (κ1) is 8.53. The van der Waals surface area contributed by atoms with Crippen LogP contribution >= 0.6 is 0 Å². The Balaban J connectivity index is 2.52. The van der Waals surface area contributed by atoms with Gasteiger partial charge < -0.3 is 0 Å². The predicted octanol–water partition coefficient (Wildman–Crippen LogP) is 1.62. The second-order valence-electron chi connectivity index (χ2n) is 3.09. The summed E-state index contributed by atoms with van der Waals surface area (Å²) in [7, 11) is 0.0726. The maximum atomic E-state index is 2.29. The summed E-state index contributed by atoms with van der Waals surface area (Å²) in [6, 6.07) is 10.5. The minimum Gasteiger partial charge on any atom is -0.0669 e. The molecule has 1 rings (SSSR count). The Hall–Kier alpha value is -0.563. The van der Waals surface area contributed by atoms with Gasteiger partial charge >= 0.3 is 0 Å². The molecular formula is C10H16Si. The van der Waals surface area contributed by atoms with Crippen molar-refractivity contribution in [3.8, 4) is 0 Å². The standard InChI is InChI=1S/C10H16Si/c1-3-8-11-10-6-4-9(2)5-7-10/h4-7H,3,8,11H2,1-2H3. The molecule has 1 aromatic carbocycles. The molecule has 0 aliphatic carbocycles. The lowest BCUT2D eigenvalue weighted by atomic mass is 10.2. The molecule has 0 N–H and O–H groups in total. The van der Waals surface area contributed by atoms with E-state index < -0.39 is 0 Å². The molecule has 11 heavy (non-hydrogen) atoms. The van der Waals surface area contributed by atoms with E-state index in [-0.39, 0.29) is 9.52 Å². The van der Waals surface area contributed by atoms with Crippen LogP contribution in [0, 0.1) is 6.92 Å². The molecular weight excluding hydrogens is 148 g/mol. The van der Waals surface area contributed by atoms with Gasteiger partial charge in [-0.25, -0.2) is 0 Å². The number of hydrogen-bond donors (Lipinski definition) is 0. The van der Waals surface area contributed by atoms with Crippen molar-refractivity contribution in [1.29, 1.82) is 0 Å². The monoisotopic (exact) mass is 164 g/mol. The summed E-state index contributed by atoms with van der Waals surface area (Å²) in [6.45, 7) is 4.41. The van der Waals surface area contributed by atoms with Crippen molar-refractivity contribution in [2.24, 2.45) is 0 Å². The van der Waals surface area contributed by atoms with E-state index in [1.54, 1.807) is 5.19 Å². The zero-order valence-electron chi connectivity index (χ0n) is 7.43. The van der Waals surface area contributed by atoms with Gasteiger partial charge in [-0.1, -0.05) is 54.4 Å². The summed E-state index contributed by atoms with van der Waals surface area (Å²) in [5.41, 5.74) is 1.37. The fourth-order valence-electron chi connectivity index (χ4n) is 1.14. The van der Waals surface area contributed by atoms with Crippen LogP contribution in [0.2, 0.25) is 6.04 Å². The van der Waals surface area contributed by atoms with Gasteiger partial charge in [0.15, 0.2) is 0 Å². The Kier molecular flexibility index (Phi) is 3.37. The predicted molar refractivity (Wildman–Crippen MR) is 54.5 cm³/mol. The van der Waals surface area contributed by atoms with E-state index in [4.69, 9.17) is 0 Å². The molecule has 1 heteroatoms. The van der Waals surface area contributed by atoms with Crippen molar-refractivity contribution in [2.45, 2.75) is 26.3 Å². The van der Waals surface area contributed by atoms with Crippen LogP contribution in [-0.2, 0) is 0 Å². The minimum atomic E-state index is 0.0726. The average Bonchev–Trinajstić information content (AvgIpc) is 2.04. The van der Waals surface area contributed by atoms with E-state index in [1.165, 1.54) is 18.0 Å². The molecule has 0 aliphatic rings. The molecule has 0 amide bonds. The first-order chi connectivity index (χ1) is 5.33. The Morgan fingerprint density at radius 1 is 1.18 bits per heavy atom. The van der Waals surface area contributed by atoms with Crippen LogP contribution in [-0.4, -0.2) is 9.52 Å². The zero-order valence-corrected chi connectivity index (χ0v) is 8.84. The van der Waals surface area contributed by atoms with E-state index in [9.17, 15) is 0 Å². The molecule has 0 saturated heterocycles. The average molecular weight is 164 g/mol. The van der Waals surface area contributed by atoms with Crippen molar-refractivity contribution in [2.75, 3.05) is 0 Å². The maximum absolute atomic E-state index is 2.29. The third-order valence-electron chi connectivity index (χ3n) is 1.94. The summed E-state index contributed by atoms with van der Waals surface area (Å²) in [4.78, 5) is 0. The fraction of sp³-hybridized carbons (Fsp3) is 0.400. The third-order valence-corrected chi connectivity index (χ3v) is 4.05. The van der Waals surface area contributed by atoms with Crippen LogP contribution in [0.1, 0.15) is 18.9 Å². The largest absolute Gasteiger partial charge is 0.0669 e. The van der Waals surface area contributed by atoms with Crippen LogP contribution in [0.25, 0.3) is 0 Å². The van der Waals surface area contributed by atoms with E-state index in [0.717, 1.165) is 0 Å². The molecule has 0 atom stereocenters. The van der Waals surface area contributed by atoms with Crippen LogP contribution in [0.15, 0.2) is 24.3 Å². The molecule has 0 bridgehead atoms. The van der Waals surface area contributed by atoms with Gasteiger partial charge in [-0.05, 0) is 6.92 Å². The van der Waals surface area contributed by atoms with Crippen molar-refractivity contribution >= 4 is 14.7 Å². The lowest BCUT2D eigenvalue weighted by molar-refractivity contribution is 1.08. The summed E-state index contributed by atoms with van der Waals surface area (Å²) < 4.78 is 0. The Morgan fingerprint density at radius 2 is 1.82 bits per heavy atom. The van der Waals surface area contributed by atoms with Gasteiger partial charge in [-0.15, -0.1) is 0 Å². The highest BCUT2D eigenvalue weighted by molar-refractivity contribution is 6.53. The highest BCUT2D eigenvalue weighted by Gasteiger charge is 1.90. The summed E-state index contributed by atoms with van der Waals surface area (Å²) >= 11 is 0. The number of rotatable bonds is 3. The van der Waals surface area contributed by atoms with E-state index in [1.807, 2.05) is 0 Å². The molecule has 1 aromatic rings. The topological polar surface area (TPSA) is 0 Å². The molecule has 0 radical (unpaired) electrons. The minimum absolute atomic E-state index is 0.0726. The number of hydrogen-bond acceptors (Lipinski definition) is 0. The zero-order chi connectivity index (χ0) is 8.10. The van der Waals surface area contributed by atoms with Gasteiger partial charge in [0.05, 0.1) is 9.52 Å². The summed E-state index contributed by atoms with van der Waals surface area (Å²) in [6.07, 6.45) is 1.35. The molecule has 0 aromatic heterocycles. The van der Waals surface area contributed by atoms with Crippen molar-refractivity contribution in [3.63, 3.8) is 0 Å². The number of benzene rings is 1. The first-order valence-corrected chi connectivity index (χ1v) is 6.09. The smallest absolute Gasteiger partial charge is 0.0547 e.